The van der Waals surface area contributed by atoms with Crippen molar-refractivity contribution in [1.29, 1.82) is 0 Å². The lowest BCUT2D eigenvalue weighted by atomic mass is 9.87. The van der Waals surface area contributed by atoms with Crippen molar-refractivity contribution in [2.24, 2.45) is 11.7 Å². The summed E-state index contributed by atoms with van der Waals surface area (Å²) < 4.78 is 0. The quantitative estimate of drug-likeness (QED) is 0.110. The largest absolute Gasteiger partial charge is 0.349 e. The van der Waals surface area contributed by atoms with Gasteiger partial charge in [0.2, 0.25) is 5.91 Å². The van der Waals surface area contributed by atoms with Crippen molar-refractivity contribution in [1.82, 2.24) is 20.4 Å². The normalized spacial score (nSPS) is 20.9. The number of benzene rings is 1. The van der Waals surface area contributed by atoms with Gasteiger partial charge in [-0.15, -0.1) is 18.5 Å². The summed E-state index contributed by atoms with van der Waals surface area (Å²) in [6.07, 6.45) is 12.7. The first kappa shape index (κ1) is 37.1. The molecule has 1 aliphatic carbocycles. The molecule has 1 saturated carbocycles. The van der Waals surface area contributed by atoms with E-state index in [2.05, 4.69) is 109 Å². The number of unbranched alkanes of at least 4 members (excludes halogenated alkanes) is 1. The third-order valence-corrected chi connectivity index (χ3v) is 10.4. The molecule has 1 heterocycles. The number of rotatable bonds is 17. The molecule has 6 nitrogen and oxygen atoms in total. The lowest BCUT2D eigenvalue weighted by Crippen LogP contribution is -2.55. The van der Waals surface area contributed by atoms with Crippen molar-refractivity contribution < 1.29 is 4.79 Å². The van der Waals surface area contributed by atoms with Crippen LogP contribution in [-0.4, -0.2) is 79.0 Å². The first-order chi connectivity index (χ1) is 21.1. The van der Waals surface area contributed by atoms with E-state index < -0.39 is 0 Å². The van der Waals surface area contributed by atoms with Crippen LogP contribution in [0.15, 0.2) is 65.8 Å². The van der Waals surface area contributed by atoms with E-state index in [0.29, 0.717) is 6.04 Å². The highest BCUT2D eigenvalue weighted by Gasteiger charge is 2.32. The number of piperazine rings is 1. The number of allylic oxidation sites excluding steroid dienone is 3. The minimum atomic E-state index is 0.0341. The topological polar surface area (TPSA) is 73.6 Å². The van der Waals surface area contributed by atoms with Crippen LogP contribution in [-0.2, 0) is 4.79 Å². The van der Waals surface area contributed by atoms with Crippen molar-refractivity contribution in [3.8, 4) is 0 Å². The molecule has 8 heteroatoms. The van der Waals surface area contributed by atoms with E-state index in [1.807, 2.05) is 0 Å². The van der Waals surface area contributed by atoms with Gasteiger partial charge in [0.1, 0.15) is 0 Å². The van der Waals surface area contributed by atoms with Crippen LogP contribution in [0.1, 0.15) is 83.7 Å². The van der Waals surface area contributed by atoms with Crippen molar-refractivity contribution in [2.45, 2.75) is 89.1 Å². The number of hydrogen-bond donors (Lipinski definition) is 3. The van der Waals surface area contributed by atoms with E-state index in [-0.39, 0.29) is 22.8 Å². The Morgan fingerprint density at radius 2 is 1.95 bits per heavy atom. The zero-order chi connectivity index (χ0) is 32.0. The van der Waals surface area contributed by atoms with Gasteiger partial charge < -0.3 is 21.3 Å². The van der Waals surface area contributed by atoms with Gasteiger partial charge in [-0.05, 0) is 99.9 Å². The first-order valence-corrected chi connectivity index (χ1v) is 18.1. The van der Waals surface area contributed by atoms with Gasteiger partial charge in [-0.1, -0.05) is 61.6 Å². The molecule has 1 aromatic carbocycles. The molecule has 2 fully saturated rings. The lowest BCUT2D eigenvalue weighted by Gasteiger charge is -2.37. The monoisotopic (exact) mass is 641 g/mol. The molecule has 1 amide bonds. The average Bonchev–Trinajstić information content (AvgIpc) is 3.00. The third kappa shape index (κ3) is 13.1. The van der Waals surface area contributed by atoms with Crippen LogP contribution in [0.2, 0.25) is 0 Å². The highest BCUT2D eigenvalue weighted by molar-refractivity contribution is 7.39. The minimum absolute atomic E-state index is 0.0341. The molecule has 4 N–H and O–H groups in total. The smallest absolute Gasteiger partial charge is 0.223 e. The summed E-state index contributed by atoms with van der Waals surface area (Å²) in [5, 5.41) is 7.25. The minimum Gasteiger partial charge on any atom is -0.349 e. The van der Waals surface area contributed by atoms with Crippen molar-refractivity contribution in [3.63, 3.8) is 0 Å². The molecule has 246 valence electrons. The summed E-state index contributed by atoms with van der Waals surface area (Å²) in [4.78, 5) is 18.7. The molecule has 1 saturated heterocycles. The summed E-state index contributed by atoms with van der Waals surface area (Å²) >= 11 is 0. The van der Waals surface area contributed by atoms with Crippen molar-refractivity contribution in [2.75, 3.05) is 52.4 Å². The van der Waals surface area contributed by atoms with Crippen LogP contribution in [0.25, 0.3) is 0 Å². The zero-order valence-corrected chi connectivity index (χ0v) is 30.1. The highest BCUT2D eigenvalue weighted by atomic mass is 31.1. The van der Waals surface area contributed by atoms with E-state index in [1.165, 1.54) is 22.3 Å². The molecule has 4 atom stereocenters. The predicted octanol–water partition coefficient (Wildman–Crippen LogP) is 6.04. The molecule has 2 unspecified atom stereocenters. The Morgan fingerprint density at radius 1 is 1.23 bits per heavy atom. The molecule has 3 rings (SSSR count). The van der Waals surface area contributed by atoms with E-state index in [0.717, 1.165) is 104 Å². The van der Waals surface area contributed by atoms with E-state index in [9.17, 15) is 4.79 Å². The average molecular weight is 642 g/mol. The van der Waals surface area contributed by atoms with Crippen molar-refractivity contribution in [3.05, 3.63) is 71.3 Å². The Morgan fingerprint density at radius 3 is 2.64 bits per heavy atom. The van der Waals surface area contributed by atoms with Gasteiger partial charge in [0.05, 0.1) is 6.04 Å². The number of hydrogen-bond acceptors (Lipinski definition) is 5. The fraction of sp³-hybridized carbons (Fsp3) is 0.639. The van der Waals surface area contributed by atoms with Gasteiger partial charge in [0.25, 0.3) is 0 Å². The van der Waals surface area contributed by atoms with Gasteiger partial charge in [0, 0.05) is 51.2 Å². The van der Waals surface area contributed by atoms with Crippen LogP contribution >= 0.6 is 18.5 Å². The van der Waals surface area contributed by atoms with Gasteiger partial charge in [-0.2, -0.15) is 0 Å². The summed E-state index contributed by atoms with van der Waals surface area (Å²) in [6, 6.07) is 11.0. The second-order valence-corrected chi connectivity index (χ2v) is 16.2. The zero-order valence-electron chi connectivity index (χ0n) is 27.8. The summed E-state index contributed by atoms with van der Waals surface area (Å²) in [6.45, 7) is 18.6. The second kappa shape index (κ2) is 19.3. The molecule has 1 aromatic rings. The van der Waals surface area contributed by atoms with Crippen LogP contribution in [0.3, 0.4) is 0 Å². The number of carbonyl (C=O) groups excluding carboxylic acids is 1. The standard InChI is InChI=1S/C36H61N5OP2/c1-5-11-28(2)24-29(3)30(4)25-41(21-10-9-19-37)27-33-26-40(23-20-38-33)22-16-34(31-12-7-6-8-13-31)39-35(42)32-14-17-36(43,44)18-15-32/h6-8,11-13,24,32-34,38H,4-5,9-10,14-23,25-27,37,43-44H2,1-3H3,(H,39,42)/b28-11-,29-24-/t33-,34+/m1/s1. The molecule has 44 heavy (non-hydrogen) atoms. The summed E-state index contributed by atoms with van der Waals surface area (Å²) in [5.41, 5.74) is 10.8. The lowest BCUT2D eigenvalue weighted by molar-refractivity contribution is -0.126. The van der Waals surface area contributed by atoms with Gasteiger partial charge in [-0.3, -0.25) is 9.69 Å². The summed E-state index contributed by atoms with van der Waals surface area (Å²) in [5.74, 6) is 0.338. The molecule has 0 spiro atoms. The highest BCUT2D eigenvalue weighted by Crippen LogP contribution is 2.43. The number of nitrogens with two attached hydrogens (primary N) is 1. The van der Waals surface area contributed by atoms with E-state index in [4.69, 9.17) is 5.73 Å². The fourth-order valence-corrected chi connectivity index (χ4v) is 7.16. The Labute approximate surface area is 273 Å². The van der Waals surface area contributed by atoms with Gasteiger partial charge in [0.15, 0.2) is 0 Å². The van der Waals surface area contributed by atoms with E-state index >= 15 is 0 Å². The Balaban J connectivity index is 1.59. The molecule has 0 aromatic heterocycles. The van der Waals surface area contributed by atoms with Crippen LogP contribution in [0.5, 0.6) is 0 Å². The molecule has 0 bridgehead atoms. The molecule has 2 aliphatic rings. The third-order valence-electron chi connectivity index (χ3n) is 9.23. The Kier molecular flexibility index (Phi) is 16.3. The van der Waals surface area contributed by atoms with Crippen LogP contribution < -0.4 is 16.4 Å². The molecular weight excluding hydrogens is 580 g/mol. The molecule has 0 radical (unpaired) electrons. The molecular formula is C36H61N5OP2. The number of amides is 1. The first-order valence-electron chi connectivity index (χ1n) is 16.9. The van der Waals surface area contributed by atoms with Crippen LogP contribution in [0.4, 0.5) is 0 Å². The SMILES string of the molecule is C=C(CN(CCCCN)C[C@H]1CN(CC[C@H](NC(=O)C2CCC(P)(P)CC2)c2ccccc2)CCN1)/C(C)=C\C(C)=C/CC. The maximum absolute atomic E-state index is 13.4. The van der Waals surface area contributed by atoms with Crippen molar-refractivity contribution >= 4 is 24.4 Å². The van der Waals surface area contributed by atoms with E-state index in [1.54, 1.807) is 0 Å². The number of carbonyl (C=O) groups is 1. The molecule has 1 aliphatic heterocycles. The predicted molar refractivity (Wildman–Crippen MR) is 196 cm³/mol. The number of nitrogens with zero attached hydrogens (tertiary/aromatic N) is 2. The summed E-state index contributed by atoms with van der Waals surface area (Å²) in [7, 11) is 5.92. The Hall–Kier alpha value is -1.39. The van der Waals surface area contributed by atoms with Crippen LogP contribution in [0, 0.1) is 5.92 Å². The fourth-order valence-electron chi connectivity index (χ4n) is 6.49. The number of nitrogens with one attached hydrogen (secondary N) is 2. The van der Waals surface area contributed by atoms with Gasteiger partial charge >= 0.3 is 0 Å². The second-order valence-electron chi connectivity index (χ2n) is 13.2. The maximum Gasteiger partial charge on any atom is 0.223 e. The maximum atomic E-state index is 13.4. The van der Waals surface area contributed by atoms with Gasteiger partial charge in [-0.25, -0.2) is 0 Å². The Bertz CT molecular complexity index is 1080.